The fourth-order valence-electron chi connectivity index (χ4n) is 5.40. The maximum Gasteiger partial charge on any atom is 0.270 e. The number of likely N-dealkylation sites (tertiary alicyclic amines) is 1. The van der Waals surface area contributed by atoms with Gasteiger partial charge in [0.15, 0.2) is 0 Å². The second-order valence-electron chi connectivity index (χ2n) is 9.11. The lowest BCUT2D eigenvalue weighted by Gasteiger charge is -2.40. The highest BCUT2D eigenvalue weighted by atomic mass is 16.2. The monoisotopic (exact) mass is 391 g/mol. The molecule has 5 rings (SSSR count). The summed E-state index contributed by atoms with van der Waals surface area (Å²) in [6, 6.07) is 12.9. The number of piperidine rings is 1. The maximum absolute atomic E-state index is 12.9. The SMILES string of the molecule is Cn1cccc1C(=O)N1CCC2(CC1)CC(CC(=O)NC1CC1)c1ccccc12. The summed E-state index contributed by atoms with van der Waals surface area (Å²) in [6.45, 7) is 1.55. The zero-order valence-electron chi connectivity index (χ0n) is 17.1. The fraction of sp³-hybridized carbons (Fsp3) is 0.500. The van der Waals surface area contributed by atoms with Crippen LogP contribution in [-0.4, -0.2) is 40.4 Å². The maximum atomic E-state index is 12.9. The Balaban J connectivity index is 1.31. The number of aromatic nitrogens is 1. The zero-order chi connectivity index (χ0) is 20.0. The Kier molecular flexibility index (Phi) is 4.49. The van der Waals surface area contributed by atoms with E-state index in [0.29, 0.717) is 18.4 Å². The Morgan fingerprint density at radius 1 is 1.10 bits per heavy atom. The number of hydrogen-bond donors (Lipinski definition) is 1. The Morgan fingerprint density at radius 3 is 2.55 bits per heavy atom. The second kappa shape index (κ2) is 7.05. The van der Waals surface area contributed by atoms with Crippen LogP contribution in [0.1, 0.15) is 66.1 Å². The van der Waals surface area contributed by atoms with Gasteiger partial charge in [0, 0.05) is 38.8 Å². The largest absolute Gasteiger partial charge is 0.353 e. The molecule has 1 aromatic heterocycles. The van der Waals surface area contributed by atoms with Gasteiger partial charge in [-0.1, -0.05) is 24.3 Å². The molecular formula is C24H29N3O2. The zero-order valence-corrected chi connectivity index (χ0v) is 17.1. The summed E-state index contributed by atoms with van der Waals surface area (Å²) in [5.74, 6) is 0.611. The second-order valence-corrected chi connectivity index (χ2v) is 9.11. The summed E-state index contributed by atoms with van der Waals surface area (Å²) in [4.78, 5) is 27.4. The van der Waals surface area contributed by atoms with Crippen LogP contribution in [0.5, 0.6) is 0 Å². The minimum Gasteiger partial charge on any atom is -0.353 e. The van der Waals surface area contributed by atoms with Gasteiger partial charge in [0.2, 0.25) is 5.91 Å². The molecule has 1 saturated carbocycles. The Morgan fingerprint density at radius 2 is 1.86 bits per heavy atom. The van der Waals surface area contributed by atoms with E-state index < -0.39 is 0 Å². The highest BCUT2D eigenvalue weighted by Crippen LogP contribution is 2.52. The van der Waals surface area contributed by atoms with Crippen molar-refractivity contribution < 1.29 is 9.59 Å². The summed E-state index contributed by atoms with van der Waals surface area (Å²) >= 11 is 0. The van der Waals surface area contributed by atoms with Crippen molar-refractivity contribution in [2.75, 3.05) is 13.1 Å². The van der Waals surface area contributed by atoms with Gasteiger partial charge < -0.3 is 14.8 Å². The van der Waals surface area contributed by atoms with Crippen molar-refractivity contribution in [2.24, 2.45) is 7.05 Å². The number of hydrogen-bond acceptors (Lipinski definition) is 2. The number of aryl methyl sites for hydroxylation is 1. The van der Waals surface area contributed by atoms with Gasteiger partial charge in [-0.15, -0.1) is 0 Å². The molecule has 1 saturated heterocycles. The van der Waals surface area contributed by atoms with Crippen LogP contribution in [0.2, 0.25) is 0 Å². The van der Waals surface area contributed by atoms with Gasteiger partial charge in [-0.25, -0.2) is 0 Å². The van der Waals surface area contributed by atoms with E-state index in [-0.39, 0.29) is 17.2 Å². The molecule has 1 aliphatic heterocycles. The van der Waals surface area contributed by atoms with Crippen LogP contribution in [0.25, 0.3) is 0 Å². The summed E-state index contributed by atoms with van der Waals surface area (Å²) in [5, 5.41) is 3.15. The Labute approximate surface area is 172 Å². The van der Waals surface area contributed by atoms with Gasteiger partial charge in [-0.2, -0.15) is 0 Å². The van der Waals surface area contributed by atoms with Crippen LogP contribution >= 0.6 is 0 Å². The van der Waals surface area contributed by atoms with E-state index in [0.717, 1.165) is 50.9 Å². The summed E-state index contributed by atoms with van der Waals surface area (Å²) in [5.41, 5.74) is 3.62. The third-order valence-corrected chi connectivity index (χ3v) is 7.15. The predicted octanol–water partition coefficient (Wildman–Crippen LogP) is 3.36. The third-order valence-electron chi connectivity index (χ3n) is 7.15. The molecule has 1 unspecified atom stereocenters. The molecule has 5 heteroatoms. The van der Waals surface area contributed by atoms with Crippen molar-refractivity contribution in [1.82, 2.24) is 14.8 Å². The first-order chi connectivity index (χ1) is 14.1. The summed E-state index contributed by atoms with van der Waals surface area (Å²) < 4.78 is 1.89. The Hall–Kier alpha value is -2.56. The number of benzene rings is 1. The van der Waals surface area contributed by atoms with E-state index >= 15 is 0 Å². The molecule has 0 radical (unpaired) electrons. The molecule has 0 bridgehead atoms. The molecule has 3 aliphatic rings. The van der Waals surface area contributed by atoms with E-state index in [9.17, 15) is 9.59 Å². The highest BCUT2D eigenvalue weighted by molar-refractivity contribution is 5.92. The van der Waals surface area contributed by atoms with Crippen LogP contribution in [0.3, 0.4) is 0 Å². The van der Waals surface area contributed by atoms with Crippen molar-refractivity contribution in [1.29, 1.82) is 0 Å². The van der Waals surface area contributed by atoms with Crippen LogP contribution in [0, 0.1) is 0 Å². The number of carbonyl (C=O) groups excluding carboxylic acids is 2. The molecule has 152 valence electrons. The first kappa shape index (κ1) is 18.5. The standard InChI is InChI=1S/C24H29N3O2/c1-26-12-4-7-21(26)23(29)27-13-10-24(11-14-27)16-17(15-22(28)25-18-8-9-18)19-5-2-3-6-20(19)24/h2-7,12,17-18H,8-11,13-16H2,1H3,(H,25,28). The molecule has 1 aromatic carbocycles. The van der Waals surface area contributed by atoms with Crippen LogP contribution in [0.15, 0.2) is 42.6 Å². The summed E-state index contributed by atoms with van der Waals surface area (Å²) in [6.07, 6.45) is 7.73. The van der Waals surface area contributed by atoms with Crippen molar-refractivity contribution in [3.63, 3.8) is 0 Å². The topological polar surface area (TPSA) is 54.3 Å². The number of amides is 2. The lowest BCUT2D eigenvalue weighted by molar-refractivity contribution is -0.121. The van der Waals surface area contributed by atoms with Crippen LogP contribution in [-0.2, 0) is 17.3 Å². The molecule has 2 amide bonds. The van der Waals surface area contributed by atoms with E-state index in [4.69, 9.17) is 0 Å². The van der Waals surface area contributed by atoms with E-state index in [2.05, 4.69) is 29.6 Å². The first-order valence-electron chi connectivity index (χ1n) is 10.9. The van der Waals surface area contributed by atoms with Gasteiger partial charge >= 0.3 is 0 Å². The quantitative estimate of drug-likeness (QED) is 0.869. The molecule has 2 heterocycles. The van der Waals surface area contributed by atoms with Gasteiger partial charge in [0.05, 0.1) is 0 Å². The molecule has 5 nitrogen and oxygen atoms in total. The number of rotatable bonds is 4. The Bertz CT molecular complexity index is 935. The van der Waals surface area contributed by atoms with Crippen LogP contribution < -0.4 is 5.32 Å². The van der Waals surface area contributed by atoms with Crippen molar-refractivity contribution in [3.05, 3.63) is 59.4 Å². The normalized spacial score (nSPS) is 22.5. The molecule has 1 N–H and O–H groups in total. The average Bonchev–Trinajstić information content (AvgIpc) is 3.36. The molecule has 2 fully saturated rings. The number of fused-ring (bicyclic) bond motifs is 2. The van der Waals surface area contributed by atoms with Crippen molar-refractivity contribution >= 4 is 11.8 Å². The minimum atomic E-state index is 0.103. The molecular weight excluding hydrogens is 362 g/mol. The van der Waals surface area contributed by atoms with Gasteiger partial charge in [0.25, 0.3) is 5.91 Å². The van der Waals surface area contributed by atoms with Gasteiger partial charge in [-0.3, -0.25) is 9.59 Å². The highest BCUT2D eigenvalue weighted by Gasteiger charge is 2.46. The van der Waals surface area contributed by atoms with Crippen molar-refractivity contribution in [2.45, 2.75) is 55.9 Å². The van der Waals surface area contributed by atoms with E-state index in [1.807, 2.05) is 34.8 Å². The number of carbonyl (C=O) groups is 2. The minimum absolute atomic E-state index is 0.103. The first-order valence-corrected chi connectivity index (χ1v) is 10.9. The fourth-order valence-corrected chi connectivity index (χ4v) is 5.40. The molecule has 29 heavy (non-hydrogen) atoms. The predicted molar refractivity (Wildman–Crippen MR) is 112 cm³/mol. The van der Waals surface area contributed by atoms with E-state index in [1.54, 1.807) is 0 Å². The van der Waals surface area contributed by atoms with Crippen LogP contribution in [0.4, 0.5) is 0 Å². The lowest BCUT2D eigenvalue weighted by atomic mass is 9.73. The molecule has 1 spiro atoms. The van der Waals surface area contributed by atoms with Crippen molar-refractivity contribution in [3.8, 4) is 0 Å². The van der Waals surface area contributed by atoms with Gasteiger partial charge in [0.1, 0.15) is 5.69 Å². The number of nitrogens with zero attached hydrogens (tertiary/aromatic N) is 2. The smallest absolute Gasteiger partial charge is 0.270 e. The summed E-state index contributed by atoms with van der Waals surface area (Å²) in [7, 11) is 1.92. The number of nitrogens with one attached hydrogen (secondary N) is 1. The molecule has 2 aromatic rings. The van der Waals surface area contributed by atoms with E-state index in [1.165, 1.54) is 11.1 Å². The van der Waals surface area contributed by atoms with Gasteiger partial charge in [-0.05, 0) is 66.7 Å². The average molecular weight is 392 g/mol. The third kappa shape index (κ3) is 3.37. The molecule has 2 aliphatic carbocycles. The lowest BCUT2D eigenvalue weighted by Crippen LogP contribution is -2.44. The molecule has 1 atom stereocenters.